The number of aliphatic hydroxyl groups is 1. The lowest BCUT2D eigenvalue weighted by Gasteiger charge is -2.12. The largest absolute Gasteiger partial charge is 0.493 e. The number of ether oxygens (including phenoxy) is 2. The summed E-state index contributed by atoms with van der Waals surface area (Å²) in [6.45, 7) is 5.90. The lowest BCUT2D eigenvalue weighted by molar-refractivity contribution is 0.196. The Morgan fingerprint density at radius 1 is 1.12 bits per heavy atom. The number of aliphatic hydroxyl groups excluding tert-OH is 1. The van der Waals surface area contributed by atoms with Crippen molar-refractivity contribution < 1.29 is 19.0 Å². The Morgan fingerprint density at radius 2 is 1.94 bits per heavy atom. The van der Waals surface area contributed by atoms with E-state index in [1.807, 2.05) is 56.3 Å². The molecule has 3 N–H and O–H groups in total. The van der Waals surface area contributed by atoms with E-state index in [4.69, 9.17) is 19.0 Å². The maximum atomic E-state index is 8.94. The second kappa shape index (κ2) is 11.8. The van der Waals surface area contributed by atoms with Crippen LogP contribution in [-0.4, -0.2) is 42.9 Å². The molecule has 0 saturated heterocycles. The predicted molar refractivity (Wildman–Crippen MR) is 124 cm³/mol. The second-order valence-corrected chi connectivity index (χ2v) is 7.12. The van der Waals surface area contributed by atoms with E-state index in [0.717, 1.165) is 23.4 Å². The van der Waals surface area contributed by atoms with Crippen LogP contribution in [-0.2, 0) is 13.1 Å². The minimum absolute atomic E-state index is 0.0506. The standard InChI is InChI=1S/C24H30N4O4/c1-4-25-24(26-14-18-7-10-21(31-12-11-29)22(13-18)30-3)27-15-20-16-32-23(28-20)19-8-5-17(2)6-9-19/h5-10,13,16,29H,4,11-12,14-15H2,1-3H3,(H2,25,26,27). The molecule has 0 atom stereocenters. The van der Waals surface area contributed by atoms with Gasteiger partial charge in [-0.25, -0.2) is 9.98 Å². The average molecular weight is 439 g/mol. The van der Waals surface area contributed by atoms with Crippen molar-refractivity contribution in [2.45, 2.75) is 26.9 Å². The van der Waals surface area contributed by atoms with Crippen molar-refractivity contribution in [3.8, 4) is 23.0 Å². The molecule has 0 bridgehead atoms. The Balaban J connectivity index is 1.62. The average Bonchev–Trinajstić information content (AvgIpc) is 3.29. The molecule has 1 aromatic heterocycles. The first-order valence-corrected chi connectivity index (χ1v) is 10.6. The summed E-state index contributed by atoms with van der Waals surface area (Å²) in [4.78, 5) is 9.20. The minimum atomic E-state index is -0.0506. The van der Waals surface area contributed by atoms with Crippen molar-refractivity contribution in [3.05, 3.63) is 65.5 Å². The number of aliphatic imine (C=N–C) groups is 1. The zero-order valence-electron chi connectivity index (χ0n) is 18.7. The van der Waals surface area contributed by atoms with Crippen molar-refractivity contribution in [2.24, 2.45) is 4.99 Å². The summed E-state index contributed by atoms with van der Waals surface area (Å²) < 4.78 is 16.5. The number of nitrogens with zero attached hydrogens (tertiary/aromatic N) is 2. The fraction of sp³-hybridized carbons (Fsp3) is 0.333. The Kier molecular flexibility index (Phi) is 8.51. The quantitative estimate of drug-likeness (QED) is 0.330. The molecule has 3 rings (SSSR count). The van der Waals surface area contributed by atoms with Crippen molar-refractivity contribution in [2.75, 3.05) is 26.9 Å². The van der Waals surface area contributed by atoms with E-state index < -0.39 is 0 Å². The zero-order valence-corrected chi connectivity index (χ0v) is 18.7. The number of aromatic nitrogens is 1. The van der Waals surface area contributed by atoms with E-state index >= 15 is 0 Å². The van der Waals surface area contributed by atoms with Gasteiger partial charge in [-0.15, -0.1) is 0 Å². The monoisotopic (exact) mass is 438 g/mol. The Morgan fingerprint density at radius 3 is 2.66 bits per heavy atom. The Labute approximate surface area is 188 Å². The normalized spacial score (nSPS) is 11.3. The van der Waals surface area contributed by atoms with Gasteiger partial charge in [-0.2, -0.15) is 0 Å². The van der Waals surface area contributed by atoms with Gasteiger partial charge in [0.1, 0.15) is 12.9 Å². The summed E-state index contributed by atoms with van der Waals surface area (Å²) >= 11 is 0. The highest BCUT2D eigenvalue weighted by atomic mass is 16.5. The molecular formula is C24H30N4O4. The highest BCUT2D eigenvalue weighted by Gasteiger charge is 2.09. The number of nitrogens with one attached hydrogen (secondary N) is 2. The summed E-state index contributed by atoms with van der Waals surface area (Å²) in [7, 11) is 1.59. The first kappa shape index (κ1) is 23.1. The maximum absolute atomic E-state index is 8.94. The third-order valence-corrected chi connectivity index (χ3v) is 4.63. The third kappa shape index (κ3) is 6.49. The molecule has 0 saturated carbocycles. The van der Waals surface area contributed by atoms with Gasteiger partial charge >= 0.3 is 0 Å². The van der Waals surface area contributed by atoms with Crippen LogP contribution in [0.2, 0.25) is 0 Å². The molecule has 0 spiro atoms. The number of methoxy groups -OCH3 is 1. The molecule has 8 nitrogen and oxygen atoms in total. The zero-order chi connectivity index (χ0) is 22.8. The summed E-state index contributed by atoms with van der Waals surface area (Å²) in [6, 6.07) is 13.7. The van der Waals surface area contributed by atoms with E-state index in [1.165, 1.54) is 5.56 Å². The molecule has 1 heterocycles. The number of hydrogen-bond donors (Lipinski definition) is 3. The summed E-state index contributed by atoms with van der Waals surface area (Å²) in [6.07, 6.45) is 1.65. The smallest absolute Gasteiger partial charge is 0.226 e. The van der Waals surface area contributed by atoms with Crippen molar-refractivity contribution in [3.63, 3.8) is 0 Å². The van der Waals surface area contributed by atoms with Gasteiger partial charge < -0.3 is 29.6 Å². The first-order valence-electron chi connectivity index (χ1n) is 10.6. The van der Waals surface area contributed by atoms with Gasteiger partial charge in [0.2, 0.25) is 5.89 Å². The lowest BCUT2D eigenvalue weighted by Crippen LogP contribution is -2.36. The molecule has 0 aliphatic rings. The van der Waals surface area contributed by atoms with Crippen LogP contribution in [0.1, 0.15) is 23.7 Å². The fourth-order valence-electron chi connectivity index (χ4n) is 2.99. The highest BCUT2D eigenvalue weighted by molar-refractivity contribution is 5.79. The van der Waals surface area contributed by atoms with E-state index in [2.05, 4.69) is 20.6 Å². The van der Waals surface area contributed by atoms with E-state index in [9.17, 15) is 0 Å². The van der Waals surface area contributed by atoms with Gasteiger partial charge in [0.15, 0.2) is 17.5 Å². The van der Waals surface area contributed by atoms with Crippen LogP contribution in [0.4, 0.5) is 0 Å². The number of hydrogen-bond acceptors (Lipinski definition) is 6. The van der Waals surface area contributed by atoms with Gasteiger partial charge in [0.05, 0.1) is 32.5 Å². The van der Waals surface area contributed by atoms with Crippen LogP contribution in [0.5, 0.6) is 11.5 Å². The summed E-state index contributed by atoms with van der Waals surface area (Å²) in [5.74, 6) is 2.47. The number of benzene rings is 2. The molecule has 0 amide bonds. The third-order valence-electron chi connectivity index (χ3n) is 4.63. The summed E-state index contributed by atoms with van der Waals surface area (Å²) in [5.41, 5.74) is 3.90. The van der Waals surface area contributed by atoms with Crippen LogP contribution in [0.25, 0.3) is 11.5 Å². The Bertz CT molecular complexity index is 1020. The van der Waals surface area contributed by atoms with Gasteiger partial charge in [0, 0.05) is 12.1 Å². The van der Waals surface area contributed by atoms with Gasteiger partial charge in [-0.3, -0.25) is 0 Å². The molecule has 170 valence electrons. The van der Waals surface area contributed by atoms with Crippen LogP contribution < -0.4 is 20.1 Å². The molecule has 0 fully saturated rings. The maximum Gasteiger partial charge on any atom is 0.226 e. The van der Waals surface area contributed by atoms with Crippen LogP contribution in [0, 0.1) is 6.92 Å². The van der Waals surface area contributed by atoms with Gasteiger partial charge in [0.25, 0.3) is 0 Å². The van der Waals surface area contributed by atoms with Crippen LogP contribution >= 0.6 is 0 Å². The second-order valence-electron chi connectivity index (χ2n) is 7.12. The topological polar surface area (TPSA) is 101 Å². The molecule has 0 radical (unpaired) electrons. The van der Waals surface area contributed by atoms with Crippen molar-refractivity contribution in [1.82, 2.24) is 15.6 Å². The molecule has 8 heteroatoms. The molecule has 0 aliphatic heterocycles. The fourth-order valence-corrected chi connectivity index (χ4v) is 2.99. The minimum Gasteiger partial charge on any atom is -0.493 e. The van der Waals surface area contributed by atoms with Gasteiger partial charge in [-0.05, 0) is 43.7 Å². The van der Waals surface area contributed by atoms with E-state index in [1.54, 1.807) is 13.4 Å². The van der Waals surface area contributed by atoms with Gasteiger partial charge in [-0.1, -0.05) is 23.8 Å². The molecule has 0 unspecified atom stereocenters. The van der Waals surface area contributed by atoms with E-state index in [-0.39, 0.29) is 13.2 Å². The predicted octanol–water partition coefficient (Wildman–Crippen LogP) is 3.29. The lowest BCUT2D eigenvalue weighted by atomic mass is 10.1. The Hall–Kier alpha value is -3.52. The highest BCUT2D eigenvalue weighted by Crippen LogP contribution is 2.28. The molecule has 0 aliphatic carbocycles. The number of oxazole rings is 1. The van der Waals surface area contributed by atoms with Crippen molar-refractivity contribution >= 4 is 5.96 Å². The van der Waals surface area contributed by atoms with E-state index in [0.29, 0.717) is 36.4 Å². The van der Waals surface area contributed by atoms with Crippen LogP contribution in [0.3, 0.4) is 0 Å². The van der Waals surface area contributed by atoms with Crippen LogP contribution in [0.15, 0.2) is 58.1 Å². The number of aryl methyl sites for hydroxylation is 1. The SMILES string of the molecule is CCNC(=NCc1ccc(OCCO)c(OC)c1)NCc1coc(-c2ccc(C)cc2)n1. The molecular weight excluding hydrogens is 408 g/mol. The number of guanidine groups is 1. The van der Waals surface area contributed by atoms with Crippen molar-refractivity contribution in [1.29, 1.82) is 0 Å². The number of rotatable bonds is 10. The first-order chi connectivity index (χ1) is 15.6. The molecule has 32 heavy (non-hydrogen) atoms. The summed E-state index contributed by atoms with van der Waals surface area (Å²) in [5, 5.41) is 15.5. The molecule has 2 aromatic carbocycles. The molecule has 3 aromatic rings.